The number of alkyl halides is 1. The van der Waals surface area contributed by atoms with E-state index in [0.717, 1.165) is 50.7 Å². The van der Waals surface area contributed by atoms with Crippen LogP contribution in [0, 0.1) is 29.3 Å². The van der Waals surface area contributed by atoms with Gasteiger partial charge in [0.05, 0.1) is 5.56 Å². The molecule has 1 aliphatic carbocycles. The van der Waals surface area contributed by atoms with Crippen LogP contribution in [0.2, 0.25) is 0 Å². The van der Waals surface area contributed by atoms with Crippen molar-refractivity contribution >= 4 is 5.97 Å². The Labute approximate surface area is 173 Å². The van der Waals surface area contributed by atoms with Crippen molar-refractivity contribution in [3.05, 3.63) is 58.9 Å². The van der Waals surface area contributed by atoms with Crippen molar-refractivity contribution in [1.82, 2.24) is 0 Å². The van der Waals surface area contributed by atoms with E-state index >= 15 is 4.39 Å². The number of hydrogen-bond donors (Lipinski definition) is 1. The number of aromatic carboxylic acids is 1. The third kappa shape index (κ3) is 4.85. The quantitative estimate of drug-likeness (QED) is 0.387. The monoisotopic (exact) mass is 422 g/mol. The molecule has 1 unspecified atom stereocenters. The van der Waals surface area contributed by atoms with Crippen molar-refractivity contribution < 1.29 is 27.5 Å². The minimum atomic E-state index is -1.60. The number of carboxylic acid groups (broad SMARTS) is 1. The number of halogens is 4. The van der Waals surface area contributed by atoms with E-state index in [4.69, 9.17) is 0 Å². The van der Waals surface area contributed by atoms with Crippen LogP contribution in [0.1, 0.15) is 61.4 Å². The zero-order valence-electron chi connectivity index (χ0n) is 16.9. The standard InChI is InChI=1S/C24H26F4O2/c1-2-4-14-7-9-15(10-8-14)20(25)13-19-17(5-3-6-18(19)24(29)30)16-11-21(26)23(28)22(27)12-16/h3,5-6,11-12,14-15,20H,2,4,7-10,13H2,1H3,(H,29,30)/t14-,15-,20?. The van der Waals surface area contributed by atoms with E-state index in [1.165, 1.54) is 18.2 Å². The molecule has 2 aromatic rings. The van der Waals surface area contributed by atoms with Crippen LogP contribution < -0.4 is 0 Å². The molecule has 2 aromatic carbocycles. The average Bonchev–Trinajstić information content (AvgIpc) is 2.72. The number of benzene rings is 2. The summed E-state index contributed by atoms with van der Waals surface area (Å²) in [4.78, 5) is 11.7. The molecular formula is C24H26F4O2. The normalized spacial score (nSPS) is 20.2. The highest BCUT2D eigenvalue weighted by atomic mass is 19.2. The highest BCUT2D eigenvalue weighted by Crippen LogP contribution is 2.37. The van der Waals surface area contributed by atoms with E-state index in [1.807, 2.05) is 0 Å². The largest absolute Gasteiger partial charge is 0.478 e. The van der Waals surface area contributed by atoms with Crippen molar-refractivity contribution in [3.8, 4) is 11.1 Å². The van der Waals surface area contributed by atoms with Gasteiger partial charge in [-0.15, -0.1) is 0 Å². The summed E-state index contributed by atoms with van der Waals surface area (Å²) < 4.78 is 56.1. The van der Waals surface area contributed by atoms with Crippen LogP contribution in [0.15, 0.2) is 30.3 Å². The lowest BCUT2D eigenvalue weighted by molar-refractivity contribution is 0.0694. The minimum absolute atomic E-state index is 0.0108. The van der Waals surface area contributed by atoms with Crippen LogP contribution in [-0.2, 0) is 6.42 Å². The maximum Gasteiger partial charge on any atom is 0.335 e. The molecule has 1 saturated carbocycles. The Morgan fingerprint density at radius 3 is 2.30 bits per heavy atom. The Hall–Kier alpha value is -2.37. The van der Waals surface area contributed by atoms with Crippen molar-refractivity contribution in [2.45, 2.75) is 58.0 Å². The van der Waals surface area contributed by atoms with Crippen LogP contribution in [0.5, 0.6) is 0 Å². The van der Waals surface area contributed by atoms with Crippen LogP contribution >= 0.6 is 0 Å². The Morgan fingerprint density at radius 1 is 1.10 bits per heavy atom. The smallest absolute Gasteiger partial charge is 0.335 e. The third-order valence-electron chi connectivity index (χ3n) is 6.20. The Kier molecular flexibility index (Phi) is 7.16. The predicted octanol–water partition coefficient (Wildman–Crippen LogP) is 6.96. The highest BCUT2D eigenvalue weighted by Gasteiger charge is 2.29. The second kappa shape index (κ2) is 9.63. The van der Waals surface area contributed by atoms with Gasteiger partial charge in [0, 0.05) is 6.42 Å². The van der Waals surface area contributed by atoms with Crippen molar-refractivity contribution in [2.75, 3.05) is 0 Å². The van der Waals surface area contributed by atoms with E-state index in [9.17, 15) is 23.1 Å². The maximum atomic E-state index is 15.2. The fourth-order valence-corrected chi connectivity index (χ4v) is 4.60. The molecule has 3 rings (SSSR count). The van der Waals surface area contributed by atoms with Gasteiger partial charge in [-0.2, -0.15) is 0 Å². The first-order valence-electron chi connectivity index (χ1n) is 10.5. The van der Waals surface area contributed by atoms with Crippen LogP contribution in [0.3, 0.4) is 0 Å². The summed E-state index contributed by atoms with van der Waals surface area (Å²) in [5.41, 5.74) is 0.261. The second-order valence-electron chi connectivity index (χ2n) is 8.18. The molecule has 0 bridgehead atoms. The van der Waals surface area contributed by atoms with Gasteiger partial charge in [0.2, 0.25) is 0 Å². The van der Waals surface area contributed by atoms with Gasteiger partial charge in [-0.3, -0.25) is 0 Å². The molecule has 2 nitrogen and oxygen atoms in total. The first-order valence-corrected chi connectivity index (χ1v) is 10.5. The van der Waals surface area contributed by atoms with E-state index in [-0.39, 0.29) is 34.6 Å². The molecule has 0 aliphatic heterocycles. The molecule has 0 radical (unpaired) electrons. The molecule has 1 aliphatic rings. The molecule has 0 amide bonds. The van der Waals surface area contributed by atoms with E-state index < -0.39 is 29.6 Å². The molecule has 1 N–H and O–H groups in total. The summed E-state index contributed by atoms with van der Waals surface area (Å²) in [5.74, 6) is -5.14. The predicted molar refractivity (Wildman–Crippen MR) is 108 cm³/mol. The summed E-state index contributed by atoms with van der Waals surface area (Å²) in [7, 11) is 0. The number of carboxylic acids is 1. The Morgan fingerprint density at radius 2 is 1.73 bits per heavy atom. The van der Waals surface area contributed by atoms with Gasteiger partial charge in [-0.1, -0.05) is 44.7 Å². The van der Waals surface area contributed by atoms with Gasteiger partial charge < -0.3 is 5.11 Å². The molecule has 0 aromatic heterocycles. The van der Waals surface area contributed by atoms with Crippen molar-refractivity contribution in [3.63, 3.8) is 0 Å². The van der Waals surface area contributed by atoms with Gasteiger partial charge in [0.1, 0.15) is 6.17 Å². The van der Waals surface area contributed by atoms with Gasteiger partial charge in [-0.05, 0) is 59.6 Å². The van der Waals surface area contributed by atoms with Crippen LogP contribution in [0.25, 0.3) is 11.1 Å². The summed E-state index contributed by atoms with van der Waals surface area (Å²) in [6.07, 6.45) is 4.23. The van der Waals surface area contributed by atoms with E-state index in [0.29, 0.717) is 5.92 Å². The zero-order chi connectivity index (χ0) is 21.8. The van der Waals surface area contributed by atoms with Crippen LogP contribution in [0.4, 0.5) is 17.6 Å². The number of hydrogen-bond acceptors (Lipinski definition) is 1. The number of rotatable bonds is 7. The molecule has 162 valence electrons. The molecular weight excluding hydrogens is 396 g/mol. The zero-order valence-corrected chi connectivity index (χ0v) is 16.9. The lowest BCUT2D eigenvalue weighted by atomic mass is 9.76. The van der Waals surface area contributed by atoms with Crippen LogP contribution in [-0.4, -0.2) is 17.2 Å². The van der Waals surface area contributed by atoms with Gasteiger partial charge in [-0.25, -0.2) is 22.4 Å². The summed E-state index contributed by atoms with van der Waals surface area (Å²) in [6.45, 7) is 2.13. The van der Waals surface area contributed by atoms with Crippen molar-refractivity contribution in [1.29, 1.82) is 0 Å². The Bertz CT molecular complexity index is 881. The van der Waals surface area contributed by atoms with Gasteiger partial charge >= 0.3 is 5.97 Å². The average molecular weight is 422 g/mol. The van der Waals surface area contributed by atoms with E-state index in [1.54, 1.807) is 0 Å². The highest BCUT2D eigenvalue weighted by molar-refractivity contribution is 5.92. The topological polar surface area (TPSA) is 37.3 Å². The third-order valence-corrected chi connectivity index (χ3v) is 6.20. The van der Waals surface area contributed by atoms with E-state index in [2.05, 4.69) is 6.92 Å². The van der Waals surface area contributed by atoms with Gasteiger partial charge in [0.25, 0.3) is 0 Å². The second-order valence-corrected chi connectivity index (χ2v) is 8.18. The summed E-state index contributed by atoms with van der Waals surface area (Å²) >= 11 is 0. The van der Waals surface area contributed by atoms with Gasteiger partial charge in [0.15, 0.2) is 17.5 Å². The SMILES string of the molecule is CCC[C@H]1CC[C@H](C(F)Cc2c(C(=O)O)cccc2-c2cc(F)c(F)c(F)c2)CC1. The van der Waals surface area contributed by atoms with Crippen molar-refractivity contribution in [2.24, 2.45) is 11.8 Å². The fourth-order valence-electron chi connectivity index (χ4n) is 4.60. The molecule has 0 spiro atoms. The first-order chi connectivity index (χ1) is 14.3. The molecule has 1 atom stereocenters. The molecule has 0 heterocycles. The lowest BCUT2D eigenvalue weighted by Crippen LogP contribution is -2.25. The molecule has 30 heavy (non-hydrogen) atoms. The first kappa shape index (κ1) is 22.3. The fraction of sp³-hybridized carbons (Fsp3) is 0.458. The summed E-state index contributed by atoms with van der Waals surface area (Å²) in [6, 6.07) is 5.89. The number of carbonyl (C=O) groups is 1. The molecule has 1 fully saturated rings. The molecule has 0 saturated heterocycles. The lowest BCUT2D eigenvalue weighted by Gasteiger charge is -2.31. The Balaban J connectivity index is 1.91. The minimum Gasteiger partial charge on any atom is -0.478 e. The summed E-state index contributed by atoms with van der Waals surface area (Å²) in [5, 5.41) is 9.58. The maximum absolute atomic E-state index is 15.2. The molecule has 6 heteroatoms.